The van der Waals surface area contributed by atoms with E-state index in [0.717, 1.165) is 50.2 Å². The van der Waals surface area contributed by atoms with Crippen LogP contribution in [0.2, 0.25) is 0 Å². The van der Waals surface area contributed by atoms with Crippen LogP contribution in [0, 0.1) is 0 Å². The van der Waals surface area contributed by atoms with Crippen LogP contribution in [0.3, 0.4) is 0 Å². The van der Waals surface area contributed by atoms with Crippen molar-refractivity contribution in [3.8, 4) is 0 Å². The van der Waals surface area contributed by atoms with E-state index in [1.165, 1.54) is 0 Å². The summed E-state index contributed by atoms with van der Waals surface area (Å²) in [5, 5.41) is 2.93. The molecule has 3 rings (SSSR count). The van der Waals surface area contributed by atoms with Crippen LogP contribution in [0.25, 0.3) is 0 Å². The molecule has 0 atom stereocenters. The Morgan fingerprint density at radius 1 is 1.24 bits per heavy atom. The van der Waals surface area contributed by atoms with Gasteiger partial charge in [-0.15, -0.1) is 0 Å². The summed E-state index contributed by atoms with van der Waals surface area (Å²) in [5.74, 6) is 2.63. The van der Waals surface area contributed by atoms with Crippen LogP contribution in [0.5, 0.6) is 0 Å². The number of hydrogen-bond donors (Lipinski definition) is 1. The third-order valence-corrected chi connectivity index (χ3v) is 4.67. The number of hydrogen-bond acceptors (Lipinski definition) is 7. The van der Waals surface area contributed by atoms with Crippen LogP contribution in [-0.2, 0) is 5.75 Å². The Hall–Kier alpha value is -2.06. The first kappa shape index (κ1) is 17.8. The van der Waals surface area contributed by atoms with E-state index in [1.807, 2.05) is 18.4 Å². The average molecular weight is 361 g/mol. The Morgan fingerprint density at radius 3 is 2.72 bits per heavy atom. The van der Waals surface area contributed by atoms with E-state index in [1.54, 1.807) is 30.2 Å². The smallest absolute Gasteiger partial charge is 0.287 e. The average Bonchev–Trinajstić information content (AvgIpc) is 3.12. The number of thioether (sulfide) groups is 1. The van der Waals surface area contributed by atoms with Gasteiger partial charge in [-0.3, -0.25) is 9.69 Å². The van der Waals surface area contributed by atoms with Gasteiger partial charge in [-0.25, -0.2) is 9.97 Å². The van der Waals surface area contributed by atoms with Gasteiger partial charge in [-0.2, -0.15) is 11.8 Å². The molecule has 0 aliphatic carbocycles. The molecule has 1 amide bonds. The third kappa shape index (κ3) is 4.96. The Labute approximate surface area is 151 Å². The fourth-order valence-electron chi connectivity index (χ4n) is 2.76. The SMILES string of the molecule is CSCc1ccc(C(=O)NCCN2CCN(c3ncccn3)CC2)o1. The predicted molar refractivity (Wildman–Crippen MR) is 98.9 cm³/mol. The van der Waals surface area contributed by atoms with Crippen LogP contribution in [-0.4, -0.2) is 66.3 Å². The Balaban J connectivity index is 1.37. The molecule has 0 aromatic carbocycles. The van der Waals surface area contributed by atoms with Gasteiger partial charge in [0, 0.05) is 51.7 Å². The first-order valence-corrected chi connectivity index (χ1v) is 9.76. The molecule has 2 aromatic rings. The molecular formula is C17H23N5O2S. The van der Waals surface area contributed by atoms with Gasteiger partial charge in [-0.05, 0) is 24.5 Å². The highest BCUT2D eigenvalue weighted by Gasteiger charge is 2.18. The van der Waals surface area contributed by atoms with Gasteiger partial charge in [-0.1, -0.05) is 0 Å². The molecule has 1 aliphatic rings. The number of nitrogens with one attached hydrogen (secondary N) is 1. The zero-order chi connectivity index (χ0) is 17.5. The van der Waals surface area contributed by atoms with Crippen LogP contribution >= 0.6 is 11.8 Å². The summed E-state index contributed by atoms with van der Waals surface area (Å²) in [4.78, 5) is 25.2. The highest BCUT2D eigenvalue weighted by atomic mass is 32.2. The molecule has 25 heavy (non-hydrogen) atoms. The number of nitrogens with zero attached hydrogens (tertiary/aromatic N) is 4. The van der Waals surface area contributed by atoms with Crippen molar-refractivity contribution in [3.63, 3.8) is 0 Å². The zero-order valence-corrected chi connectivity index (χ0v) is 15.2. The van der Waals surface area contributed by atoms with Crippen molar-refractivity contribution in [1.82, 2.24) is 20.2 Å². The molecule has 134 valence electrons. The van der Waals surface area contributed by atoms with Crippen molar-refractivity contribution in [2.75, 3.05) is 50.4 Å². The van der Waals surface area contributed by atoms with Crippen molar-refractivity contribution < 1.29 is 9.21 Å². The third-order valence-electron chi connectivity index (χ3n) is 4.09. The largest absolute Gasteiger partial charge is 0.455 e. The molecule has 1 N–H and O–H groups in total. The van der Waals surface area contributed by atoms with E-state index >= 15 is 0 Å². The summed E-state index contributed by atoms with van der Waals surface area (Å²) < 4.78 is 5.52. The molecule has 1 saturated heterocycles. The summed E-state index contributed by atoms with van der Waals surface area (Å²) in [6.45, 7) is 5.11. The molecule has 0 spiro atoms. The van der Waals surface area contributed by atoms with Gasteiger partial charge < -0.3 is 14.6 Å². The van der Waals surface area contributed by atoms with E-state index < -0.39 is 0 Å². The number of carbonyl (C=O) groups excluding carboxylic acids is 1. The van der Waals surface area contributed by atoms with E-state index in [2.05, 4.69) is 25.1 Å². The summed E-state index contributed by atoms with van der Waals surface area (Å²) in [6, 6.07) is 5.42. The topological polar surface area (TPSA) is 74.5 Å². The van der Waals surface area contributed by atoms with Crippen LogP contribution in [0.1, 0.15) is 16.3 Å². The number of aromatic nitrogens is 2. The fraction of sp³-hybridized carbons (Fsp3) is 0.471. The van der Waals surface area contributed by atoms with Gasteiger partial charge in [0.05, 0.1) is 5.75 Å². The fourth-order valence-corrected chi connectivity index (χ4v) is 3.20. The molecule has 0 bridgehead atoms. The van der Waals surface area contributed by atoms with Gasteiger partial charge in [0.1, 0.15) is 5.76 Å². The Bertz CT molecular complexity index is 671. The molecule has 2 aromatic heterocycles. The second kappa shape index (κ2) is 8.87. The molecule has 3 heterocycles. The number of rotatable bonds is 7. The Kier molecular flexibility index (Phi) is 6.30. The molecule has 0 saturated carbocycles. The zero-order valence-electron chi connectivity index (χ0n) is 14.4. The molecule has 8 heteroatoms. The van der Waals surface area contributed by atoms with E-state index in [-0.39, 0.29) is 5.91 Å². The number of furan rings is 1. The minimum absolute atomic E-state index is 0.149. The van der Waals surface area contributed by atoms with Gasteiger partial charge in [0.2, 0.25) is 5.95 Å². The maximum Gasteiger partial charge on any atom is 0.287 e. The number of anilines is 1. The molecule has 0 radical (unpaired) electrons. The first-order valence-electron chi connectivity index (χ1n) is 8.36. The van der Waals surface area contributed by atoms with Crippen molar-refractivity contribution in [2.45, 2.75) is 5.75 Å². The van der Waals surface area contributed by atoms with E-state index in [0.29, 0.717) is 12.3 Å². The molecule has 1 aliphatic heterocycles. The number of piperazine rings is 1. The van der Waals surface area contributed by atoms with Crippen LogP contribution in [0.4, 0.5) is 5.95 Å². The van der Waals surface area contributed by atoms with Crippen molar-refractivity contribution >= 4 is 23.6 Å². The summed E-state index contributed by atoms with van der Waals surface area (Å²) >= 11 is 1.67. The van der Waals surface area contributed by atoms with Gasteiger partial charge >= 0.3 is 0 Å². The maximum atomic E-state index is 12.1. The number of amides is 1. The second-order valence-electron chi connectivity index (χ2n) is 5.83. The van der Waals surface area contributed by atoms with Crippen LogP contribution < -0.4 is 10.2 Å². The normalized spacial score (nSPS) is 15.3. The van der Waals surface area contributed by atoms with Gasteiger partial charge in [0.25, 0.3) is 5.91 Å². The highest BCUT2D eigenvalue weighted by Crippen LogP contribution is 2.13. The summed E-state index contributed by atoms with van der Waals surface area (Å²) in [5.41, 5.74) is 0. The van der Waals surface area contributed by atoms with Crippen molar-refractivity contribution in [3.05, 3.63) is 42.1 Å². The lowest BCUT2D eigenvalue weighted by Crippen LogP contribution is -2.49. The minimum Gasteiger partial charge on any atom is -0.455 e. The van der Waals surface area contributed by atoms with Crippen molar-refractivity contribution in [2.24, 2.45) is 0 Å². The predicted octanol–water partition coefficient (Wildman–Crippen LogP) is 1.48. The second-order valence-corrected chi connectivity index (χ2v) is 6.70. The summed E-state index contributed by atoms with van der Waals surface area (Å²) in [6.07, 6.45) is 5.54. The maximum absolute atomic E-state index is 12.1. The van der Waals surface area contributed by atoms with Crippen molar-refractivity contribution in [1.29, 1.82) is 0 Å². The lowest BCUT2D eigenvalue weighted by atomic mass is 10.3. The molecule has 0 unspecified atom stereocenters. The molecule has 7 nitrogen and oxygen atoms in total. The van der Waals surface area contributed by atoms with Gasteiger partial charge in [0.15, 0.2) is 5.76 Å². The quantitative estimate of drug-likeness (QED) is 0.801. The monoisotopic (exact) mass is 361 g/mol. The molecule has 1 fully saturated rings. The lowest BCUT2D eigenvalue weighted by Gasteiger charge is -2.34. The minimum atomic E-state index is -0.149. The Morgan fingerprint density at radius 2 is 2.00 bits per heavy atom. The first-order chi connectivity index (χ1) is 12.3. The highest BCUT2D eigenvalue weighted by molar-refractivity contribution is 7.97. The number of carbonyl (C=O) groups is 1. The van der Waals surface area contributed by atoms with E-state index in [9.17, 15) is 4.79 Å². The van der Waals surface area contributed by atoms with Crippen LogP contribution in [0.15, 0.2) is 35.0 Å². The lowest BCUT2D eigenvalue weighted by molar-refractivity contribution is 0.0918. The molecular weight excluding hydrogens is 338 g/mol. The standard InChI is InChI=1S/C17H23N5O2S/c1-25-13-14-3-4-15(24-14)16(23)18-7-8-21-9-11-22(12-10-21)17-19-5-2-6-20-17/h2-6H,7-13H2,1H3,(H,18,23). The van der Waals surface area contributed by atoms with E-state index in [4.69, 9.17) is 4.42 Å². The summed E-state index contributed by atoms with van der Waals surface area (Å²) in [7, 11) is 0.